The summed E-state index contributed by atoms with van der Waals surface area (Å²) in [6, 6.07) is 5.38. The molecule has 0 unspecified atom stereocenters. The highest BCUT2D eigenvalue weighted by Crippen LogP contribution is 2.37. The largest absolute Gasteiger partial charge is 0.384 e. The zero-order valence-electron chi connectivity index (χ0n) is 20.2. The van der Waals surface area contributed by atoms with E-state index in [4.69, 9.17) is 10.9 Å². The van der Waals surface area contributed by atoms with Crippen molar-refractivity contribution in [2.75, 3.05) is 11.9 Å². The van der Waals surface area contributed by atoms with Crippen LogP contribution in [0.5, 0.6) is 0 Å². The summed E-state index contributed by atoms with van der Waals surface area (Å²) < 4.78 is 1.82. The van der Waals surface area contributed by atoms with Crippen molar-refractivity contribution in [1.82, 2.24) is 15.3 Å². The molecule has 0 radical (unpaired) electrons. The van der Waals surface area contributed by atoms with Crippen molar-refractivity contribution in [2.45, 2.75) is 72.1 Å². The number of aromatic nitrogens is 2. The van der Waals surface area contributed by atoms with Crippen molar-refractivity contribution in [2.24, 2.45) is 11.1 Å². The second-order valence-electron chi connectivity index (χ2n) is 9.83. The number of primary amides is 1. The number of unbranched alkanes of at least 4 members (excludes halogenated alkanes) is 4. The van der Waals surface area contributed by atoms with Crippen LogP contribution in [0, 0.1) is 12.3 Å². The molecule has 184 valence electrons. The monoisotopic (exact) mass is 469 g/mol. The van der Waals surface area contributed by atoms with Crippen molar-refractivity contribution in [3.05, 3.63) is 40.7 Å². The van der Waals surface area contributed by atoms with Crippen LogP contribution >= 0.6 is 0 Å². The molecule has 1 heterocycles. The maximum Gasteiger partial charge on any atom is 0.250 e. The minimum Gasteiger partial charge on any atom is -0.384 e. The molecule has 1 aliphatic carbocycles. The fourth-order valence-corrected chi connectivity index (χ4v) is 4.60. The van der Waals surface area contributed by atoms with Crippen LogP contribution in [-0.2, 0) is 11.2 Å². The lowest BCUT2D eigenvalue weighted by molar-refractivity contribution is -0.129. The highest BCUT2D eigenvalue weighted by Gasteiger charge is 2.35. The molecule has 0 aliphatic heterocycles. The number of fused-ring (bicyclic) bond motifs is 1. The Kier molecular flexibility index (Phi) is 8.09. The van der Waals surface area contributed by atoms with Crippen LogP contribution < -0.4 is 16.5 Å². The molecule has 2 amide bonds. The highest BCUT2D eigenvalue weighted by molar-refractivity contribution is 6.00. The molecule has 5 N–H and O–H groups in total. The number of hydrogen-bond acceptors (Lipinski definition) is 6. The smallest absolute Gasteiger partial charge is 0.250 e. The van der Waals surface area contributed by atoms with Crippen molar-refractivity contribution in [1.29, 1.82) is 0 Å². The van der Waals surface area contributed by atoms with Crippen LogP contribution in [0.3, 0.4) is 0 Å². The van der Waals surface area contributed by atoms with Gasteiger partial charge >= 0.3 is 0 Å². The van der Waals surface area contributed by atoms with E-state index in [1.165, 1.54) is 0 Å². The lowest BCUT2D eigenvalue weighted by Gasteiger charge is -2.29. The normalized spacial score (nSPS) is 14.5. The molecule has 0 saturated heterocycles. The fourth-order valence-electron chi connectivity index (χ4n) is 4.60. The fraction of sp³-hybridized carbons (Fsp3) is 0.520. The van der Waals surface area contributed by atoms with Crippen molar-refractivity contribution >= 4 is 23.3 Å². The number of rotatable bonds is 11. The first-order valence-corrected chi connectivity index (χ1v) is 11.9. The van der Waals surface area contributed by atoms with Crippen LogP contribution in [0.25, 0.3) is 5.69 Å². The van der Waals surface area contributed by atoms with E-state index < -0.39 is 5.91 Å². The van der Waals surface area contributed by atoms with E-state index in [9.17, 15) is 14.4 Å². The first-order chi connectivity index (χ1) is 16.1. The Balaban J connectivity index is 1.70. The average molecular weight is 470 g/mol. The summed E-state index contributed by atoms with van der Waals surface area (Å²) in [4.78, 5) is 35.7. The van der Waals surface area contributed by atoms with Gasteiger partial charge in [-0.25, -0.2) is 10.2 Å². The standard InChI is InChI=1S/C25H35N5O4/c1-16-23-20(14-25(2,3)15-21(23)31)30(28-16)17-10-11-18(24(26)33)19(13-17)27-12-8-6-4-5-7-9-22(32)29-34/h10-11,13,27,34H,4-9,12,14-15H2,1-3H3,(H2,26,33)(H,29,32). The van der Waals surface area contributed by atoms with Crippen LogP contribution in [-0.4, -0.2) is 39.1 Å². The predicted octanol–water partition coefficient (Wildman–Crippen LogP) is 3.69. The first kappa shape index (κ1) is 25.4. The van der Waals surface area contributed by atoms with Gasteiger partial charge in [-0.05, 0) is 49.8 Å². The number of aryl methyl sites for hydroxylation is 1. The summed E-state index contributed by atoms with van der Waals surface area (Å²) in [7, 11) is 0. The maximum absolute atomic E-state index is 12.7. The van der Waals surface area contributed by atoms with E-state index in [-0.39, 0.29) is 17.1 Å². The molecule has 0 spiro atoms. The van der Waals surface area contributed by atoms with E-state index in [2.05, 4.69) is 24.3 Å². The first-order valence-electron chi connectivity index (χ1n) is 11.9. The Morgan fingerprint density at radius 2 is 1.85 bits per heavy atom. The van der Waals surface area contributed by atoms with Crippen LogP contribution in [0.15, 0.2) is 18.2 Å². The number of anilines is 1. The number of carbonyl (C=O) groups is 3. The molecule has 9 nitrogen and oxygen atoms in total. The Labute approximate surface area is 200 Å². The lowest BCUT2D eigenvalue weighted by atomic mass is 9.75. The molecule has 0 fully saturated rings. The number of carbonyl (C=O) groups excluding carboxylic acids is 3. The van der Waals surface area contributed by atoms with Gasteiger partial charge in [0.05, 0.1) is 28.2 Å². The van der Waals surface area contributed by atoms with E-state index in [0.29, 0.717) is 36.2 Å². The van der Waals surface area contributed by atoms with Crippen molar-refractivity contribution < 1.29 is 19.6 Å². The van der Waals surface area contributed by atoms with Crippen molar-refractivity contribution in [3.63, 3.8) is 0 Å². The number of amides is 2. The number of hydrogen-bond donors (Lipinski definition) is 4. The topological polar surface area (TPSA) is 139 Å². The highest BCUT2D eigenvalue weighted by atomic mass is 16.5. The third-order valence-electron chi connectivity index (χ3n) is 6.25. The van der Waals surface area contributed by atoms with Crippen LogP contribution in [0.1, 0.15) is 90.9 Å². The van der Waals surface area contributed by atoms with E-state index in [1.807, 2.05) is 23.7 Å². The van der Waals surface area contributed by atoms with Gasteiger partial charge in [0.1, 0.15) is 0 Å². The van der Waals surface area contributed by atoms with Gasteiger partial charge in [-0.2, -0.15) is 5.10 Å². The summed E-state index contributed by atoms with van der Waals surface area (Å²) in [6.45, 7) is 6.71. The van der Waals surface area contributed by atoms with Gasteiger partial charge in [0, 0.05) is 25.1 Å². The van der Waals surface area contributed by atoms with Gasteiger partial charge in [-0.15, -0.1) is 0 Å². The number of nitrogens with two attached hydrogens (primary N) is 1. The molecule has 3 rings (SSSR count). The molecule has 0 atom stereocenters. The number of ketones is 1. The number of nitrogens with one attached hydrogen (secondary N) is 2. The SMILES string of the molecule is Cc1nn(-c2ccc(C(N)=O)c(NCCCCCCCC(=O)NO)c2)c2c1C(=O)CC(C)(C)C2. The summed E-state index contributed by atoms with van der Waals surface area (Å²) in [5, 5.41) is 16.5. The summed E-state index contributed by atoms with van der Waals surface area (Å²) in [5.41, 5.74) is 11.3. The number of nitrogens with zero attached hydrogens (tertiary/aromatic N) is 2. The molecule has 34 heavy (non-hydrogen) atoms. The number of Topliss-reactive ketones (excluding diaryl/α,β-unsaturated/α-hetero) is 1. The van der Waals surface area contributed by atoms with Gasteiger partial charge in [-0.3, -0.25) is 19.6 Å². The minimum atomic E-state index is -0.508. The molecule has 1 aromatic carbocycles. The van der Waals surface area contributed by atoms with Gasteiger partial charge in [0.25, 0.3) is 5.91 Å². The summed E-state index contributed by atoms with van der Waals surface area (Å²) >= 11 is 0. The minimum absolute atomic E-state index is 0.124. The Morgan fingerprint density at radius 1 is 1.15 bits per heavy atom. The van der Waals surface area contributed by atoms with Gasteiger partial charge in [0.2, 0.25) is 5.91 Å². The third kappa shape index (κ3) is 6.02. The molecule has 0 saturated carbocycles. The Bertz CT molecular complexity index is 1070. The van der Waals surface area contributed by atoms with Crippen molar-refractivity contribution in [3.8, 4) is 5.69 Å². The second kappa shape index (κ2) is 10.8. The average Bonchev–Trinajstić information content (AvgIpc) is 3.10. The summed E-state index contributed by atoms with van der Waals surface area (Å²) in [6.07, 6.45) is 6.07. The van der Waals surface area contributed by atoms with E-state index in [1.54, 1.807) is 11.5 Å². The van der Waals surface area contributed by atoms with E-state index in [0.717, 1.165) is 55.6 Å². The quantitative estimate of drug-likeness (QED) is 0.225. The molecule has 9 heteroatoms. The maximum atomic E-state index is 12.7. The van der Waals surface area contributed by atoms with Crippen LogP contribution in [0.4, 0.5) is 5.69 Å². The zero-order chi connectivity index (χ0) is 24.9. The Morgan fingerprint density at radius 3 is 2.56 bits per heavy atom. The zero-order valence-corrected chi connectivity index (χ0v) is 20.2. The molecular weight excluding hydrogens is 434 g/mol. The van der Waals surface area contributed by atoms with Gasteiger partial charge in [-0.1, -0.05) is 33.1 Å². The second-order valence-corrected chi connectivity index (χ2v) is 9.83. The Hall–Kier alpha value is -3.20. The molecule has 1 aromatic heterocycles. The third-order valence-corrected chi connectivity index (χ3v) is 6.25. The molecule has 0 bridgehead atoms. The number of hydroxylamine groups is 1. The van der Waals surface area contributed by atoms with E-state index >= 15 is 0 Å². The van der Waals surface area contributed by atoms with Gasteiger partial charge in [0.15, 0.2) is 5.78 Å². The van der Waals surface area contributed by atoms with Gasteiger partial charge < -0.3 is 11.1 Å². The molecule has 1 aliphatic rings. The molecule has 2 aromatic rings. The lowest BCUT2D eigenvalue weighted by Crippen LogP contribution is -2.28. The summed E-state index contributed by atoms with van der Waals surface area (Å²) in [5.74, 6) is -0.743. The predicted molar refractivity (Wildman–Crippen MR) is 129 cm³/mol. The van der Waals surface area contributed by atoms with Crippen LogP contribution in [0.2, 0.25) is 0 Å². The number of benzene rings is 1. The molecular formula is C25H35N5O4.